The van der Waals surface area contributed by atoms with Gasteiger partial charge in [0.2, 0.25) is 5.91 Å². The van der Waals surface area contributed by atoms with Gasteiger partial charge in [0.05, 0.1) is 5.69 Å². The number of ether oxygens (including phenoxy) is 1. The smallest absolute Gasteiger partial charge is 0.251 e. The standard InChI is InChI=1S/C26H26N4O3S/c1-18-2-7-24-28-21(16-30(24)14-18)17-33-22-5-3-19(4-6-22)26(32)27-11-8-25(31)29-12-9-23-20(15-29)10-13-34-23/h2-7,10,13-14,16H,8-9,11-12,15,17H2,1H3,(H,27,32). The Morgan fingerprint density at radius 1 is 1.12 bits per heavy atom. The van der Waals surface area contributed by atoms with Crippen LogP contribution in [0.15, 0.2) is 60.2 Å². The summed E-state index contributed by atoms with van der Waals surface area (Å²) in [6, 6.07) is 13.1. The summed E-state index contributed by atoms with van der Waals surface area (Å²) in [7, 11) is 0. The maximum Gasteiger partial charge on any atom is 0.251 e. The average molecular weight is 475 g/mol. The van der Waals surface area contributed by atoms with E-state index in [2.05, 4.69) is 21.7 Å². The van der Waals surface area contributed by atoms with Crippen molar-refractivity contribution in [1.82, 2.24) is 19.6 Å². The van der Waals surface area contributed by atoms with Gasteiger partial charge in [-0.25, -0.2) is 4.98 Å². The van der Waals surface area contributed by atoms with Gasteiger partial charge in [0.1, 0.15) is 18.0 Å². The maximum absolute atomic E-state index is 12.5. The molecule has 4 aromatic rings. The second-order valence-electron chi connectivity index (χ2n) is 8.46. The molecule has 0 radical (unpaired) electrons. The molecule has 3 aromatic heterocycles. The Labute approximate surface area is 202 Å². The topological polar surface area (TPSA) is 75.9 Å². The minimum atomic E-state index is -0.200. The van der Waals surface area contributed by atoms with E-state index in [1.165, 1.54) is 16.0 Å². The van der Waals surface area contributed by atoms with Crippen LogP contribution in [0.1, 0.15) is 38.5 Å². The number of nitrogens with zero attached hydrogens (tertiary/aromatic N) is 3. The first-order valence-electron chi connectivity index (χ1n) is 11.3. The number of carbonyl (C=O) groups excluding carboxylic acids is 2. The third kappa shape index (κ3) is 4.97. The minimum absolute atomic E-state index is 0.0722. The number of amides is 2. The molecule has 0 aliphatic carbocycles. The van der Waals surface area contributed by atoms with Gasteiger partial charge < -0.3 is 19.4 Å². The van der Waals surface area contributed by atoms with E-state index in [1.807, 2.05) is 40.8 Å². The fourth-order valence-corrected chi connectivity index (χ4v) is 4.98. The van der Waals surface area contributed by atoms with E-state index in [9.17, 15) is 9.59 Å². The van der Waals surface area contributed by atoms with Crippen LogP contribution in [0.4, 0.5) is 0 Å². The highest BCUT2D eigenvalue weighted by Gasteiger charge is 2.21. The summed E-state index contributed by atoms with van der Waals surface area (Å²) in [5, 5.41) is 4.92. The van der Waals surface area contributed by atoms with E-state index in [0.717, 1.165) is 24.3 Å². The van der Waals surface area contributed by atoms with E-state index in [-0.39, 0.29) is 11.8 Å². The van der Waals surface area contributed by atoms with E-state index in [1.54, 1.807) is 35.6 Å². The Kier molecular flexibility index (Phi) is 6.31. The number of aryl methyl sites for hydroxylation is 1. The predicted octanol–water partition coefficient (Wildman–Crippen LogP) is 3.99. The van der Waals surface area contributed by atoms with Crippen LogP contribution in [0.5, 0.6) is 5.75 Å². The lowest BCUT2D eigenvalue weighted by Crippen LogP contribution is -2.37. The van der Waals surface area contributed by atoms with Crippen LogP contribution in [-0.2, 0) is 24.4 Å². The molecule has 1 N–H and O–H groups in total. The molecule has 5 rings (SSSR count). The first-order valence-corrected chi connectivity index (χ1v) is 12.2. The number of hydrogen-bond acceptors (Lipinski definition) is 5. The van der Waals surface area contributed by atoms with Gasteiger partial charge in [0.25, 0.3) is 5.91 Å². The Morgan fingerprint density at radius 2 is 1.97 bits per heavy atom. The van der Waals surface area contributed by atoms with Crippen molar-refractivity contribution in [2.75, 3.05) is 13.1 Å². The third-order valence-corrected chi connectivity index (χ3v) is 6.96. The number of imidazole rings is 1. The van der Waals surface area contributed by atoms with Gasteiger partial charge >= 0.3 is 0 Å². The normalized spacial score (nSPS) is 13.0. The summed E-state index contributed by atoms with van der Waals surface area (Å²) in [5.74, 6) is 0.537. The van der Waals surface area contributed by atoms with Gasteiger partial charge in [-0.1, -0.05) is 6.07 Å². The molecule has 0 atom stereocenters. The van der Waals surface area contributed by atoms with Crippen LogP contribution in [0, 0.1) is 6.92 Å². The molecule has 0 saturated heterocycles. The van der Waals surface area contributed by atoms with E-state index in [4.69, 9.17) is 4.74 Å². The molecule has 1 aliphatic rings. The number of benzene rings is 1. The lowest BCUT2D eigenvalue weighted by Gasteiger charge is -2.27. The van der Waals surface area contributed by atoms with E-state index in [0.29, 0.717) is 37.4 Å². The molecule has 4 heterocycles. The van der Waals surface area contributed by atoms with Crippen molar-refractivity contribution >= 4 is 28.8 Å². The molecule has 0 fully saturated rings. The van der Waals surface area contributed by atoms with Gasteiger partial charge in [-0.05, 0) is 66.2 Å². The molecule has 0 bridgehead atoms. The minimum Gasteiger partial charge on any atom is -0.487 e. The Bertz CT molecular complexity index is 1330. The summed E-state index contributed by atoms with van der Waals surface area (Å²) < 4.78 is 7.81. The summed E-state index contributed by atoms with van der Waals surface area (Å²) in [4.78, 5) is 32.8. The molecular weight excluding hydrogens is 448 g/mol. The zero-order valence-corrected chi connectivity index (χ0v) is 19.8. The van der Waals surface area contributed by atoms with Crippen LogP contribution in [-0.4, -0.2) is 39.2 Å². The number of fused-ring (bicyclic) bond motifs is 2. The van der Waals surface area contributed by atoms with Crippen molar-refractivity contribution in [3.8, 4) is 5.75 Å². The highest BCUT2D eigenvalue weighted by molar-refractivity contribution is 7.10. The van der Waals surface area contributed by atoms with Crippen LogP contribution < -0.4 is 10.1 Å². The number of pyridine rings is 1. The fourth-order valence-electron chi connectivity index (χ4n) is 4.09. The molecule has 0 spiro atoms. The molecule has 0 saturated carbocycles. The SMILES string of the molecule is Cc1ccc2nc(COc3ccc(C(=O)NCCC(=O)N4CCc5sccc5C4)cc3)cn2c1. The number of thiophene rings is 1. The molecule has 1 aliphatic heterocycles. The van der Waals surface area contributed by atoms with E-state index < -0.39 is 0 Å². The number of aromatic nitrogens is 2. The molecule has 174 valence electrons. The fraction of sp³-hybridized carbons (Fsp3) is 0.269. The quantitative estimate of drug-likeness (QED) is 0.440. The molecule has 2 amide bonds. The van der Waals surface area contributed by atoms with Crippen LogP contribution in [0.2, 0.25) is 0 Å². The maximum atomic E-state index is 12.5. The van der Waals surface area contributed by atoms with E-state index >= 15 is 0 Å². The first kappa shape index (κ1) is 22.2. The first-order chi connectivity index (χ1) is 16.5. The predicted molar refractivity (Wildman–Crippen MR) is 131 cm³/mol. The van der Waals surface area contributed by atoms with Crippen LogP contribution in [0.25, 0.3) is 5.65 Å². The average Bonchev–Trinajstić information content (AvgIpc) is 3.48. The lowest BCUT2D eigenvalue weighted by atomic mass is 10.1. The Hall–Kier alpha value is -3.65. The monoisotopic (exact) mass is 474 g/mol. The number of rotatable bonds is 7. The van der Waals surface area contributed by atoms with Gasteiger partial charge in [-0.3, -0.25) is 9.59 Å². The van der Waals surface area contributed by atoms with Gasteiger partial charge in [0.15, 0.2) is 0 Å². The van der Waals surface area contributed by atoms with Crippen molar-refractivity contribution in [2.45, 2.75) is 32.9 Å². The van der Waals surface area contributed by atoms with Crippen molar-refractivity contribution in [3.05, 3.63) is 87.5 Å². The largest absolute Gasteiger partial charge is 0.487 e. The number of nitrogens with one attached hydrogen (secondary N) is 1. The van der Waals surface area contributed by atoms with Crippen LogP contribution in [0.3, 0.4) is 0 Å². The van der Waals surface area contributed by atoms with Crippen molar-refractivity contribution in [2.24, 2.45) is 0 Å². The molecule has 7 nitrogen and oxygen atoms in total. The number of carbonyl (C=O) groups is 2. The number of hydrogen-bond donors (Lipinski definition) is 1. The highest BCUT2D eigenvalue weighted by atomic mass is 32.1. The second-order valence-corrected chi connectivity index (χ2v) is 9.46. The summed E-state index contributed by atoms with van der Waals surface area (Å²) in [6.45, 7) is 4.12. The van der Waals surface area contributed by atoms with Gasteiger partial charge in [-0.15, -0.1) is 11.3 Å². The zero-order chi connectivity index (χ0) is 23.5. The molecule has 0 unspecified atom stereocenters. The Morgan fingerprint density at radius 3 is 2.82 bits per heavy atom. The van der Waals surface area contributed by atoms with Gasteiger partial charge in [-0.2, -0.15) is 0 Å². The zero-order valence-electron chi connectivity index (χ0n) is 19.0. The molecule has 34 heavy (non-hydrogen) atoms. The second kappa shape index (κ2) is 9.69. The third-order valence-electron chi connectivity index (χ3n) is 5.94. The van der Waals surface area contributed by atoms with Crippen LogP contribution >= 0.6 is 11.3 Å². The summed E-state index contributed by atoms with van der Waals surface area (Å²) in [6.07, 6.45) is 5.19. The van der Waals surface area contributed by atoms with Gasteiger partial charge in [0, 0.05) is 48.9 Å². The molecule has 8 heteroatoms. The van der Waals surface area contributed by atoms with Crippen molar-refractivity contribution < 1.29 is 14.3 Å². The molecule has 1 aromatic carbocycles. The highest BCUT2D eigenvalue weighted by Crippen LogP contribution is 2.24. The summed E-state index contributed by atoms with van der Waals surface area (Å²) in [5.41, 5.74) is 4.65. The summed E-state index contributed by atoms with van der Waals surface area (Å²) >= 11 is 1.75. The lowest BCUT2D eigenvalue weighted by molar-refractivity contribution is -0.131. The Balaban J connectivity index is 1.08. The molecular formula is C26H26N4O3S. The van der Waals surface area contributed by atoms with Crippen molar-refractivity contribution in [1.29, 1.82) is 0 Å². The van der Waals surface area contributed by atoms with Crippen molar-refractivity contribution in [3.63, 3.8) is 0 Å².